The van der Waals surface area contributed by atoms with E-state index in [-0.39, 0.29) is 18.2 Å². The molecule has 0 aromatic heterocycles. The minimum absolute atomic E-state index is 0.0920. The van der Waals surface area contributed by atoms with Crippen molar-refractivity contribution in [2.75, 3.05) is 5.32 Å². The summed E-state index contributed by atoms with van der Waals surface area (Å²) in [5, 5.41) is 5.76. The first kappa shape index (κ1) is 16.5. The first-order valence-electron chi connectivity index (χ1n) is 7.27. The molecule has 1 unspecified atom stereocenters. The van der Waals surface area contributed by atoms with E-state index in [1.807, 2.05) is 30.3 Å². The Balaban J connectivity index is 1.74. The molecule has 1 aliphatic rings. The minimum Gasteiger partial charge on any atom is -0.324 e. The zero-order valence-electron chi connectivity index (χ0n) is 12.5. The van der Waals surface area contributed by atoms with Gasteiger partial charge in [-0.1, -0.05) is 53.7 Å². The summed E-state index contributed by atoms with van der Waals surface area (Å²) in [5.74, 6) is -0.508. The highest BCUT2D eigenvalue weighted by Crippen LogP contribution is 2.26. The number of nitrogens with zero attached hydrogens (tertiary/aromatic N) is 1. The van der Waals surface area contributed by atoms with Gasteiger partial charge in [-0.05, 0) is 24.3 Å². The smallest absolute Gasteiger partial charge is 0.238 e. The Bertz CT molecular complexity index is 795. The zero-order chi connectivity index (χ0) is 16.9. The molecule has 1 saturated heterocycles. The molecule has 0 bridgehead atoms. The molecule has 1 fully saturated rings. The lowest BCUT2D eigenvalue weighted by Crippen LogP contribution is -2.41. The van der Waals surface area contributed by atoms with Gasteiger partial charge in [0.15, 0.2) is 5.17 Å². The topological polar surface area (TPSA) is 70.6 Å². The second-order valence-corrected chi connectivity index (χ2v) is 6.68. The van der Waals surface area contributed by atoms with Crippen LogP contribution in [0.2, 0.25) is 5.02 Å². The maximum atomic E-state index is 12.4. The minimum atomic E-state index is -0.558. The molecular formula is C17H14ClN3O2S. The lowest BCUT2D eigenvalue weighted by molar-refractivity contribution is -0.123. The van der Waals surface area contributed by atoms with Crippen LogP contribution in [0.4, 0.5) is 11.4 Å². The predicted molar refractivity (Wildman–Crippen MR) is 97.8 cm³/mol. The number of thioether (sulfide) groups is 1. The molecule has 0 spiro atoms. The van der Waals surface area contributed by atoms with E-state index in [2.05, 4.69) is 15.6 Å². The largest absolute Gasteiger partial charge is 0.324 e. The number of halogens is 1. The third-order valence-electron chi connectivity index (χ3n) is 3.28. The average molecular weight is 360 g/mol. The number of aliphatic imine (C=N–C) groups is 1. The van der Waals surface area contributed by atoms with Crippen LogP contribution in [0.15, 0.2) is 59.6 Å². The monoisotopic (exact) mass is 359 g/mol. The summed E-state index contributed by atoms with van der Waals surface area (Å²) in [5.41, 5.74) is 1.24. The summed E-state index contributed by atoms with van der Waals surface area (Å²) in [6.07, 6.45) is 0.0920. The van der Waals surface area contributed by atoms with Crippen molar-refractivity contribution in [3.63, 3.8) is 0 Å². The van der Waals surface area contributed by atoms with Gasteiger partial charge in [-0.2, -0.15) is 0 Å². The number of hydrogen-bond donors (Lipinski definition) is 2. The van der Waals surface area contributed by atoms with Crippen molar-refractivity contribution in [3.05, 3.63) is 59.6 Å². The molecule has 3 rings (SSSR count). The van der Waals surface area contributed by atoms with Crippen molar-refractivity contribution in [3.8, 4) is 0 Å². The second-order valence-electron chi connectivity index (χ2n) is 5.08. The van der Waals surface area contributed by atoms with Crippen molar-refractivity contribution < 1.29 is 9.59 Å². The van der Waals surface area contributed by atoms with Crippen LogP contribution in [0.3, 0.4) is 0 Å². The number of anilines is 1. The summed E-state index contributed by atoms with van der Waals surface area (Å²) in [7, 11) is 0. The molecule has 2 amide bonds. The van der Waals surface area contributed by atoms with Gasteiger partial charge < -0.3 is 10.6 Å². The lowest BCUT2D eigenvalue weighted by Gasteiger charge is -2.22. The van der Waals surface area contributed by atoms with Crippen molar-refractivity contribution >= 4 is 51.7 Å². The molecule has 5 nitrogen and oxygen atoms in total. The highest BCUT2D eigenvalue weighted by atomic mass is 35.5. The lowest BCUT2D eigenvalue weighted by atomic mass is 10.2. The van der Waals surface area contributed by atoms with Gasteiger partial charge in [0.25, 0.3) is 0 Å². The van der Waals surface area contributed by atoms with Gasteiger partial charge >= 0.3 is 0 Å². The summed E-state index contributed by atoms with van der Waals surface area (Å²) in [4.78, 5) is 28.7. The Hall–Kier alpha value is -2.31. The number of para-hydroxylation sites is 2. The van der Waals surface area contributed by atoms with Crippen molar-refractivity contribution in [2.24, 2.45) is 4.99 Å². The van der Waals surface area contributed by atoms with Crippen LogP contribution in [-0.2, 0) is 9.59 Å². The summed E-state index contributed by atoms with van der Waals surface area (Å²) in [6.45, 7) is 0. The second kappa shape index (κ2) is 7.51. The number of carbonyl (C=O) groups is 2. The van der Waals surface area contributed by atoms with Crippen molar-refractivity contribution in [1.82, 2.24) is 5.32 Å². The van der Waals surface area contributed by atoms with Crippen LogP contribution < -0.4 is 10.6 Å². The number of rotatable bonds is 3. The molecule has 2 aromatic carbocycles. The van der Waals surface area contributed by atoms with E-state index in [9.17, 15) is 9.59 Å². The molecule has 0 saturated carbocycles. The number of amides is 2. The van der Waals surface area contributed by atoms with E-state index in [4.69, 9.17) is 11.6 Å². The third kappa shape index (κ3) is 4.15. The molecule has 1 atom stereocenters. The molecule has 0 radical (unpaired) electrons. The number of hydrogen-bond acceptors (Lipinski definition) is 4. The van der Waals surface area contributed by atoms with Gasteiger partial charge in [-0.15, -0.1) is 0 Å². The highest BCUT2D eigenvalue weighted by molar-refractivity contribution is 8.15. The number of nitrogens with one attached hydrogen (secondary N) is 2. The Morgan fingerprint density at radius 2 is 1.88 bits per heavy atom. The van der Waals surface area contributed by atoms with Gasteiger partial charge in [0.2, 0.25) is 11.8 Å². The van der Waals surface area contributed by atoms with Crippen LogP contribution in [-0.4, -0.2) is 22.2 Å². The molecule has 2 aromatic rings. The third-order valence-corrected chi connectivity index (χ3v) is 4.69. The van der Waals surface area contributed by atoms with Gasteiger partial charge in [-0.3, -0.25) is 9.59 Å². The van der Waals surface area contributed by atoms with Crippen LogP contribution in [0.1, 0.15) is 6.42 Å². The fraction of sp³-hybridized carbons (Fsp3) is 0.118. The first-order chi connectivity index (χ1) is 11.6. The Kier molecular flexibility index (Phi) is 5.17. The predicted octanol–water partition coefficient (Wildman–Crippen LogP) is 3.59. The maximum Gasteiger partial charge on any atom is 0.238 e. The van der Waals surface area contributed by atoms with E-state index in [1.54, 1.807) is 24.3 Å². The van der Waals surface area contributed by atoms with Gasteiger partial charge in [0, 0.05) is 6.42 Å². The Morgan fingerprint density at radius 1 is 1.17 bits per heavy atom. The average Bonchev–Trinajstić information content (AvgIpc) is 2.57. The van der Waals surface area contributed by atoms with Crippen molar-refractivity contribution in [1.29, 1.82) is 0 Å². The van der Waals surface area contributed by atoms with E-state index >= 15 is 0 Å². The molecular weight excluding hydrogens is 346 g/mol. The summed E-state index contributed by atoms with van der Waals surface area (Å²) in [6, 6.07) is 16.2. The van der Waals surface area contributed by atoms with Crippen LogP contribution in [0.5, 0.6) is 0 Å². The molecule has 122 valence electrons. The number of amidine groups is 1. The van der Waals surface area contributed by atoms with Gasteiger partial charge in [0.1, 0.15) is 5.25 Å². The number of carbonyl (C=O) groups excluding carboxylic acids is 2. The van der Waals surface area contributed by atoms with Crippen LogP contribution in [0.25, 0.3) is 0 Å². The summed E-state index contributed by atoms with van der Waals surface area (Å²) < 4.78 is 0. The first-order valence-corrected chi connectivity index (χ1v) is 8.53. The normalized spacial score (nSPS) is 19.0. The maximum absolute atomic E-state index is 12.4. The Morgan fingerprint density at radius 3 is 2.62 bits per heavy atom. The SMILES string of the molecule is O=C1CC(C(=O)Nc2ccccc2Cl)SC(=Nc2ccccc2)N1. The quantitative estimate of drug-likeness (QED) is 0.879. The molecule has 0 aliphatic carbocycles. The van der Waals surface area contributed by atoms with E-state index in [0.29, 0.717) is 21.6 Å². The van der Waals surface area contributed by atoms with E-state index < -0.39 is 5.25 Å². The Labute approximate surface area is 148 Å². The van der Waals surface area contributed by atoms with Crippen molar-refractivity contribution in [2.45, 2.75) is 11.7 Å². The van der Waals surface area contributed by atoms with E-state index in [0.717, 1.165) is 0 Å². The molecule has 1 heterocycles. The van der Waals surface area contributed by atoms with Gasteiger partial charge in [-0.25, -0.2) is 4.99 Å². The fourth-order valence-electron chi connectivity index (χ4n) is 2.14. The number of benzene rings is 2. The molecule has 1 aliphatic heterocycles. The zero-order valence-corrected chi connectivity index (χ0v) is 14.1. The highest BCUT2D eigenvalue weighted by Gasteiger charge is 2.30. The molecule has 2 N–H and O–H groups in total. The standard InChI is InChI=1S/C17H14ClN3O2S/c18-12-8-4-5-9-13(12)20-16(23)14-10-15(22)21-17(24-14)19-11-6-2-1-3-7-11/h1-9,14H,10H2,(H,20,23)(H,19,21,22). The van der Waals surface area contributed by atoms with Crippen LogP contribution >= 0.6 is 23.4 Å². The van der Waals surface area contributed by atoms with E-state index in [1.165, 1.54) is 11.8 Å². The van der Waals surface area contributed by atoms with Gasteiger partial charge in [0.05, 0.1) is 16.4 Å². The fourth-order valence-corrected chi connectivity index (χ4v) is 3.32. The van der Waals surface area contributed by atoms with Crippen LogP contribution in [0, 0.1) is 0 Å². The summed E-state index contributed by atoms with van der Waals surface area (Å²) >= 11 is 7.27. The molecule has 7 heteroatoms. The molecule has 24 heavy (non-hydrogen) atoms.